The molecule has 0 saturated carbocycles. The number of aliphatic imine (C=N–C) groups is 1. The van der Waals surface area contributed by atoms with E-state index in [1.165, 1.54) is 0 Å². The maximum absolute atomic E-state index is 12.5. The van der Waals surface area contributed by atoms with Crippen molar-refractivity contribution in [2.45, 2.75) is 6.92 Å². The summed E-state index contributed by atoms with van der Waals surface area (Å²) in [6, 6.07) is 15.9. The minimum absolute atomic E-state index is 0.128. The lowest BCUT2D eigenvalue weighted by molar-refractivity contribution is -0.129. The van der Waals surface area contributed by atoms with E-state index in [1.807, 2.05) is 19.1 Å². The van der Waals surface area contributed by atoms with Crippen LogP contribution >= 0.6 is 66.1 Å². The van der Waals surface area contributed by atoms with Crippen LogP contribution in [0.2, 0.25) is 5.02 Å². The topological polar surface area (TPSA) is 65.0 Å². The van der Waals surface area contributed by atoms with Crippen molar-refractivity contribution in [3.63, 3.8) is 0 Å². The number of ether oxygens (including phenoxy) is 2. The number of benzene rings is 3. The summed E-state index contributed by atoms with van der Waals surface area (Å²) in [5, 5.41) is 0.438. The van der Waals surface area contributed by atoms with Crippen molar-refractivity contribution < 1.29 is 19.1 Å². The highest BCUT2D eigenvalue weighted by Crippen LogP contribution is 2.36. The highest BCUT2D eigenvalue weighted by atomic mass is 127. The molecule has 3 aromatic rings. The predicted octanol–water partition coefficient (Wildman–Crippen LogP) is 7.34. The van der Waals surface area contributed by atoms with Gasteiger partial charge in [-0.15, -0.1) is 0 Å². The molecule has 0 aromatic heterocycles. The van der Waals surface area contributed by atoms with Gasteiger partial charge in [0.2, 0.25) is 5.90 Å². The van der Waals surface area contributed by atoms with E-state index in [0.717, 1.165) is 9.13 Å². The summed E-state index contributed by atoms with van der Waals surface area (Å²) in [6.45, 7) is 1.90. The van der Waals surface area contributed by atoms with Gasteiger partial charge in [-0.3, -0.25) is 0 Å². The van der Waals surface area contributed by atoms with Crippen LogP contribution < -0.4 is 4.74 Å². The molecule has 3 aromatic carbocycles. The molecule has 1 aliphatic heterocycles. The van der Waals surface area contributed by atoms with Crippen LogP contribution in [-0.2, 0) is 9.53 Å². The molecule has 1 heterocycles. The van der Waals surface area contributed by atoms with Crippen molar-refractivity contribution in [2.24, 2.45) is 4.99 Å². The monoisotopic (exact) mass is 699 g/mol. The first-order valence-corrected chi connectivity index (χ1v) is 12.5. The van der Waals surface area contributed by atoms with Crippen LogP contribution in [0.25, 0.3) is 6.08 Å². The number of aryl methyl sites for hydroxylation is 1. The van der Waals surface area contributed by atoms with Gasteiger partial charge in [0.15, 0.2) is 11.4 Å². The Morgan fingerprint density at radius 3 is 2.55 bits per heavy atom. The molecule has 9 heteroatoms. The lowest BCUT2D eigenvalue weighted by Gasteiger charge is -2.10. The fourth-order valence-corrected chi connectivity index (χ4v) is 5.10. The third-order valence-electron chi connectivity index (χ3n) is 4.55. The van der Waals surface area contributed by atoms with E-state index in [0.29, 0.717) is 36.4 Å². The number of hydrogen-bond donors (Lipinski definition) is 0. The Morgan fingerprint density at radius 1 is 1.12 bits per heavy atom. The molecule has 33 heavy (non-hydrogen) atoms. The second kappa shape index (κ2) is 10.1. The van der Waals surface area contributed by atoms with Gasteiger partial charge in [0, 0.05) is 3.57 Å². The number of cyclic esters (lactones) is 1. The Balaban J connectivity index is 1.61. The Labute approximate surface area is 225 Å². The van der Waals surface area contributed by atoms with Crippen LogP contribution in [-0.4, -0.2) is 17.8 Å². The molecular weight excluding hydrogens is 688 g/mol. The molecule has 0 amide bonds. The average molecular weight is 702 g/mol. The van der Waals surface area contributed by atoms with Crippen molar-refractivity contribution in [2.75, 3.05) is 0 Å². The third-order valence-corrected chi connectivity index (χ3v) is 6.73. The van der Waals surface area contributed by atoms with Crippen molar-refractivity contribution in [3.05, 3.63) is 100 Å². The summed E-state index contributed by atoms with van der Waals surface area (Å²) < 4.78 is 12.9. The van der Waals surface area contributed by atoms with Crippen LogP contribution in [0.3, 0.4) is 0 Å². The maximum Gasteiger partial charge on any atom is 0.363 e. The molecule has 0 fully saturated rings. The molecule has 0 spiro atoms. The van der Waals surface area contributed by atoms with Crippen LogP contribution in [0.5, 0.6) is 5.75 Å². The van der Waals surface area contributed by atoms with E-state index >= 15 is 0 Å². The Morgan fingerprint density at radius 2 is 1.85 bits per heavy atom. The number of carbonyl (C=O) groups excluding carboxylic acids is 2. The number of esters is 2. The Kier molecular flexibility index (Phi) is 7.37. The zero-order chi connectivity index (χ0) is 23.7. The number of carbonyl (C=O) groups is 2. The Bertz CT molecular complexity index is 1350. The summed E-state index contributed by atoms with van der Waals surface area (Å²) in [7, 11) is 0. The van der Waals surface area contributed by atoms with Crippen LogP contribution in [0.4, 0.5) is 0 Å². The molecular formula is C24H13Br2ClINO4. The largest absolute Gasteiger partial charge is 0.421 e. The number of rotatable bonds is 4. The van der Waals surface area contributed by atoms with E-state index in [2.05, 4.69) is 59.4 Å². The van der Waals surface area contributed by atoms with E-state index in [4.69, 9.17) is 21.1 Å². The Hall–Kier alpha value is -2.01. The molecule has 0 radical (unpaired) electrons. The number of halogens is 4. The zero-order valence-corrected chi connectivity index (χ0v) is 23.0. The van der Waals surface area contributed by atoms with Gasteiger partial charge in [0.05, 0.1) is 25.1 Å². The van der Waals surface area contributed by atoms with Crippen molar-refractivity contribution in [1.29, 1.82) is 0 Å². The van der Waals surface area contributed by atoms with E-state index < -0.39 is 11.9 Å². The van der Waals surface area contributed by atoms with Crippen molar-refractivity contribution in [3.8, 4) is 5.75 Å². The zero-order valence-electron chi connectivity index (χ0n) is 16.9. The first kappa shape index (κ1) is 24.1. The molecule has 0 atom stereocenters. The van der Waals surface area contributed by atoms with Crippen molar-refractivity contribution >= 4 is 90.0 Å². The molecule has 1 aliphatic rings. The molecule has 0 unspecified atom stereocenters. The molecule has 0 N–H and O–H groups in total. The van der Waals surface area contributed by atoms with Crippen LogP contribution in [0.1, 0.15) is 27.0 Å². The smallest absolute Gasteiger partial charge is 0.363 e. The standard InChI is InChI=1S/C24H13Br2ClINO4/c1-12-3-2-4-14(7-12)23(30)32-21-17(25)8-13(9-18(21)26)10-20-24(31)33-22(29-20)16-11-15(28)5-6-19(16)27/h2-11H,1H3/b20-10-. The number of hydrogen-bond acceptors (Lipinski definition) is 5. The van der Waals surface area contributed by atoms with Gasteiger partial charge in [0.25, 0.3) is 0 Å². The molecule has 5 nitrogen and oxygen atoms in total. The third kappa shape index (κ3) is 5.56. The van der Waals surface area contributed by atoms with Gasteiger partial charge < -0.3 is 9.47 Å². The minimum Gasteiger partial charge on any atom is -0.421 e. The highest BCUT2D eigenvalue weighted by Gasteiger charge is 2.26. The first-order valence-electron chi connectivity index (χ1n) is 9.47. The normalized spacial score (nSPS) is 14.3. The SMILES string of the molecule is Cc1cccc(C(=O)Oc2c(Br)cc(/C=C3\N=C(c4cc(I)ccc4Cl)OC3=O)cc2Br)c1. The predicted molar refractivity (Wildman–Crippen MR) is 143 cm³/mol. The maximum atomic E-state index is 12.5. The second-order valence-electron chi connectivity index (χ2n) is 7.03. The van der Waals surface area contributed by atoms with Gasteiger partial charge in [0.1, 0.15) is 0 Å². The highest BCUT2D eigenvalue weighted by molar-refractivity contribution is 14.1. The number of nitrogens with zero attached hydrogens (tertiary/aromatic N) is 1. The van der Waals surface area contributed by atoms with E-state index in [1.54, 1.807) is 48.5 Å². The molecule has 0 aliphatic carbocycles. The summed E-state index contributed by atoms with van der Waals surface area (Å²) in [4.78, 5) is 29.2. The first-order chi connectivity index (χ1) is 15.7. The second-order valence-corrected chi connectivity index (χ2v) is 10.4. The summed E-state index contributed by atoms with van der Waals surface area (Å²) >= 11 is 15.3. The summed E-state index contributed by atoms with van der Waals surface area (Å²) in [5.74, 6) is -0.583. The van der Waals surface area contributed by atoms with Gasteiger partial charge in [-0.05, 0) is 115 Å². The van der Waals surface area contributed by atoms with Crippen LogP contribution in [0.15, 0.2) is 74.2 Å². The molecule has 166 valence electrons. The fraction of sp³-hybridized carbons (Fsp3) is 0.0417. The van der Waals surface area contributed by atoms with Gasteiger partial charge >= 0.3 is 11.9 Å². The molecule has 0 bridgehead atoms. The lowest BCUT2D eigenvalue weighted by atomic mass is 10.1. The van der Waals surface area contributed by atoms with Gasteiger partial charge in [-0.25, -0.2) is 14.6 Å². The van der Waals surface area contributed by atoms with Crippen molar-refractivity contribution in [1.82, 2.24) is 0 Å². The lowest BCUT2D eigenvalue weighted by Crippen LogP contribution is -2.09. The molecule has 4 rings (SSSR count). The van der Waals surface area contributed by atoms with Gasteiger partial charge in [-0.2, -0.15) is 0 Å². The average Bonchev–Trinajstić information content (AvgIpc) is 3.12. The fourth-order valence-electron chi connectivity index (χ4n) is 3.03. The quantitative estimate of drug-likeness (QED) is 0.124. The summed E-state index contributed by atoms with van der Waals surface area (Å²) in [6.07, 6.45) is 1.58. The van der Waals surface area contributed by atoms with Gasteiger partial charge in [-0.1, -0.05) is 29.3 Å². The van der Waals surface area contributed by atoms with Crippen LogP contribution in [0, 0.1) is 10.5 Å². The van der Waals surface area contributed by atoms with E-state index in [-0.39, 0.29) is 11.6 Å². The van der Waals surface area contributed by atoms with E-state index in [9.17, 15) is 9.59 Å². The molecule has 0 saturated heterocycles. The minimum atomic E-state index is -0.581. The summed E-state index contributed by atoms with van der Waals surface area (Å²) in [5.41, 5.74) is 2.73.